The lowest BCUT2D eigenvalue weighted by molar-refractivity contribution is 0.131. The van der Waals surface area contributed by atoms with Gasteiger partial charge in [0.25, 0.3) is 0 Å². The van der Waals surface area contributed by atoms with Crippen LogP contribution >= 0.6 is 0 Å². The van der Waals surface area contributed by atoms with Crippen LogP contribution in [-0.2, 0) is 0 Å². The second-order valence-corrected chi connectivity index (χ2v) is 4.14. The predicted molar refractivity (Wildman–Crippen MR) is 52.5 cm³/mol. The molecule has 0 bridgehead atoms. The maximum absolute atomic E-state index is 5.45. The van der Waals surface area contributed by atoms with Gasteiger partial charge in [0.1, 0.15) is 5.76 Å². The van der Waals surface area contributed by atoms with Gasteiger partial charge in [-0.25, -0.2) is 0 Å². The fraction of sp³-hybridized carbons (Fsp3) is 0.636. The Morgan fingerprint density at radius 2 is 2.38 bits per heavy atom. The third-order valence-electron chi connectivity index (χ3n) is 3.00. The van der Waals surface area contributed by atoms with Crippen LogP contribution < -0.4 is 0 Å². The maximum atomic E-state index is 5.45. The highest BCUT2D eigenvalue weighted by Crippen LogP contribution is 2.32. The molecular formula is C11H17NO. The van der Waals surface area contributed by atoms with E-state index in [0.717, 1.165) is 11.7 Å². The molecule has 0 aromatic carbocycles. The smallest absolute Gasteiger partial charge is 0.120 e. The van der Waals surface area contributed by atoms with E-state index in [1.54, 1.807) is 6.26 Å². The third-order valence-corrected chi connectivity index (χ3v) is 3.00. The summed E-state index contributed by atoms with van der Waals surface area (Å²) in [7, 11) is 2.18. The molecule has 1 aliphatic heterocycles. The summed E-state index contributed by atoms with van der Waals surface area (Å²) < 4.78 is 5.45. The van der Waals surface area contributed by atoms with Crippen LogP contribution in [0.3, 0.4) is 0 Å². The minimum Gasteiger partial charge on any atom is -0.468 e. The van der Waals surface area contributed by atoms with E-state index in [2.05, 4.69) is 24.9 Å². The van der Waals surface area contributed by atoms with E-state index >= 15 is 0 Å². The number of furan rings is 1. The van der Waals surface area contributed by atoms with Crippen molar-refractivity contribution in [1.82, 2.24) is 4.90 Å². The molecule has 72 valence electrons. The zero-order chi connectivity index (χ0) is 9.26. The van der Waals surface area contributed by atoms with Crippen molar-refractivity contribution in [3.63, 3.8) is 0 Å². The molecule has 1 aliphatic rings. The molecule has 1 saturated heterocycles. The first-order valence-corrected chi connectivity index (χ1v) is 5.01. The molecule has 0 N–H and O–H groups in total. The fourth-order valence-electron chi connectivity index (χ4n) is 2.07. The summed E-state index contributed by atoms with van der Waals surface area (Å²) in [6, 6.07) is 4.56. The summed E-state index contributed by atoms with van der Waals surface area (Å²) in [5.74, 6) is 1.94. The number of rotatable bonds is 1. The lowest BCUT2D eigenvalue weighted by Crippen LogP contribution is -2.32. The van der Waals surface area contributed by atoms with Crippen molar-refractivity contribution in [2.75, 3.05) is 13.6 Å². The lowest BCUT2D eigenvalue weighted by atomic mass is 9.92. The largest absolute Gasteiger partial charge is 0.468 e. The van der Waals surface area contributed by atoms with Crippen LogP contribution in [0.1, 0.15) is 31.6 Å². The first-order valence-electron chi connectivity index (χ1n) is 5.01. The molecule has 1 aromatic heterocycles. The molecule has 0 amide bonds. The zero-order valence-electron chi connectivity index (χ0n) is 8.36. The van der Waals surface area contributed by atoms with Crippen LogP contribution in [0.25, 0.3) is 0 Å². The number of likely N-dealkylation sites (tertiary alicyclic amines) is 1. The average Bonchev–Trinajstić information content (AvgIpc) is 2.61. The molecule has 2 atom stereocenters. The van der Waals surface area contributed by atoms with Crippen molar-refractivity contribution < 1.29 is 4.42 Å². The Kier molecular flexibility index (Phi) is 2.40. The summed E-state index contributed by atoms with van der Waals surface area (Å²) in [5.41, 5.74) is 0. The summed E-state index contributed by atoms with van der Waals surface area (Å²) >= 11 is 0. The molecule has 1 aromatic rings. The topological polar surface area (TPSA) is 16.4 Å². The third kappa shape index (κ3) is 1.78. The Balaban J connectivity index is 2.12. The number of piperidine rings is 1. The molecule has 2 heteroatoms. The van der Waals surface area contributed by atoms with Crippen molar-refractivity contribution in [2.45, 2.75) is 25.8 Å². The van der Waals surface area contributed by atoms with Crippen LogP contribution in [-0.4, -0.2) is 18.5 Å². The van der Waals surface area contributed by atoms with Gasteiger partial charge in [-0.3, -0.25) is 4.90 Å². The van der Waals surface area contributed by atoms with E-state index in [9.17, 15) is 0 Å². The number of hydrogen-bond acceptors (Lipinski definition) is 2. The van der Waals surface area contributed by atoms with Crippen molar-refractivity contribution in [3.05, 3.63) is 24.2 Å². The van der Waals surface area contributed by atoms with Gasteiger partial charge < -0.3 is 4.42 Å². The quantitative estimate of drug-likeness (QED) is 0.659. The van der Waals surface area contributed by atoms with Gasteiger partial charge >= 0.3 is 0 Å². The maximum Gasteiger partial charge on any atom is 0.120 e. The SMILES string of the molecule is CC1CCN(C)C(c2ccco2)C1. The van der Waals surface area contributed by atoms with Crippen LogP contribution in [0.5, 0.6) is 0 Å². The molecule has 1 fully saturated rings. The Morgan fingerprint density at radius 1 is 1.54 bits per heavy atom. The Morgan fingerprint density at radius 3 is 3.08 bits per heavy atom. The molecule has 0 radical (unpaired) electrons. The second-order valence-electron chi connectivity index (χ2n) is 4.14. The van der Waals surface area contributed by atoms with Gasteiger partial charge in [0.05, 0.1) is 12.3 Å². The van der Waals surface area contributed by atoms with E-state index in [1.165, 1.54) is 19.4 Å². The molecule has 2 heterocycles. The number of nitrogens with zero attached hydrogens (tertiary/aromatic N) is 1. The molecule has 0 spiro atoms. The molecule has 2 nitrogen and oxygen atoms in total. The van der Waals surface area contributed by atoms with E-state index in [-0.39, 0.29) is 0 Å². The van der Waals surface area contributed by atoms with E-state index in [0.29, 0.717) is 6.04 Å². The highest BCUT2D eigenvalue weighted by atomic mass is 16.3. The van der Waals surface area contributed by atoms with Gasteiger partial charge in [-0.1, -0.05) is 6.92 Å². The first-order chi connectivity index (χ1) is 6.27. The van der Waals surface area contributed by atoms with Crippen LogP contribution in [0, 0.1) is 5.92 Å². The zero-order valence-corrected chi connectivity index (χ0v) is 8.36. The summed E-state index contributed by atoms with van der Waals surface area (Å²) in [4.78, 5) is 2.39. The van der Waals surface area contributed by atoms with Gasteiger partial charge in [0, 0.05) is 0 Å². The summed E-state index contributed by atoms with van der Waals surface area (Å²) in [6.07, 6.45) is 4.31. The molecule has 13 heavy (non-hydrogen) atoms. The molecule has 0 aliphatic carbocycles. The fourth-order valence-corrected chi connectivity index (χ4v) is 2.07. The van der Waals surface area contributed by atoms with Crippen LogP contribution in [0.15, 0.2) is 22.8 Å². The molecule has 0 saturated carbocycles. The summed E-state index contributed by atoms with van der Waals surface area (Å²) in [6.45, 7) is 3.51. The van der Waals surface area contributed by atoms with Gasteiger partial charge in [-0.05, 0) is 44.5 Å². The van der Waals surface area contributed by atoms with Crippen LogP contribution in [0.2, 0.25) is 0 Å². The molecule has 2 unspecified atom stereocenters. The minimum atomic E-state index is 0.499. The standard InChI is InChI=1S/C11H17NO/c1-9-5-6-12(2)10(8-9)11-4-3-7-13-11/h3-4,7,9-10H,5-6,8H2,1-2H3. The van der Waals surface area contributed by atoms with Crippen molar-refractivity contribution in [3.8, 4) is 0 Å². The Labute approximate surface area is 79.5 Å². The highest BCUT2D eigenvalue weighted by molar-refractivity contribution is 5.05. The average molecular weight is 179 g/mol. The Hall–Kier alpha value is -0.760. The monoisotopic (exact) mass is 179 g/mol. The van der Waals surface area contributed by atoms with Crippen molar-refractivity contribution in [1.29, 1.82) is 0 Å². The van der Waals surface area contributed by atoms with Gasteiger partial charge in [-0.15, -0.1) is 0 Å². The number of hydrogen-bond donors (Lipinski definition) is 0. The van der Waals surface area contributed by atoms with E-state index < -0.39 is 0 Å². The van der Waals surface area contributed by atoms with E-state index in [4.69, 9.17) is 4.42 Å². The normalized spacial score (nSPS) is 30.6. The van der Waals surface area contributed by atoms with E-state index in [1.807, 2.05) is 6.07 Å². The van der Waals surface area contributed by atoms with Gasteiger partial charge in [0.15, 0.2) is 0 Å². The van der Waals surface area contributed by atoms with Crippen molar-refractivity contribution >= 4 is 0 Å². The van der Waals surface area contributed by atoms with Gasteiger partial charge in [-0.2, -0.15) is 0 Å². The minimum absolute atomic E-state index is 0.499. The van der Waals surface area contributed by atoms with Crippen molar-refractivity contribution in [2.24, 2.45) is 5.92 Å². The predicted octanol–water partition coefficient (Wildman–Crippen LogP) is 2.68. The highest BCUT2D eigenvalue weighted by Gasteiger charge is 2.26. The second kappa shape index (κ2) is 3.54. The summed E-state index contributed by atoms with van der Waals surface area (Å²) in [5, 5.41) is 0. The Bertz CT molecular complexity index is 255. The van der Waals surface area contributed by atoms with Gasteiger partial charge in [0.2, 0.25) is 0 Å². The van der Waals surface area contributed by atoms with Crippen LogP contribution in [0.4, 0.5) is 0 Å². The lowest BCUT2D eigenvalue weighted by Gasteiger charge is -2.34. The molecular weight excluding hydrogens is 162 g/mol. The first kappa shape index (κ1) is 8.82. The molecule has 2 rings (SSSR count).